The van der Waals surface area contributed by atoms with E-state index in [1.807, 2.05) is 0 Å². The largest absolute Gasteiger partial charge is 0.395 e. The smallest absolute Gasteiger partial charge is 0.339 e. The van der Waals surface area contributed by atoms with E-state index in [1.54, 1.807) is 4.90 Å². The first-order valence-electron chi connectivity index (χ1n) is 7.04. The van der Waals surface area contributed by atoms with Crippen molar-refractivity contribution in [2.45, 2.75) is 0 Å². The fraction of sp³-hybridized carbons (Fsp3) is 1.00. The van der Waals surface area contributed by atoms with Crippen LogP contribution in [0.15, 0.2) is 0 Å². The molecule has 17 heteroatoms. The monoisotopic (exact) mass is 448 g/mol. The van der Waals surface area contributed by atoms with Crippen LogP contribution in [0, 0.1) is 0 Å². The fourth-order valence-electron chi connectivity index (χ4n) is 1.68. The molecule has 0 aromatic carbocycles. The number of hydrogen-bond donors (Lipinski definition) is 9. The van der Waals surface area contributed by atoms with Crippen molar-refractivity contribution in [3.8, 4) is 0 Å². The average molecular weight is 448 g/mol. The van der Waals surface area contributed by atoms with Crippen molar-refractivity contribution in [2.75, 3.05) is 58.3 Å². The molecule has 0 radical (unpaired) electrons. The Kier molecular flexibility index (Phi) is 14.7. The van der Waals surface area contributed by atoms with Crippen LogP contribution in [0.4, 0.5) is 0 Å². The van der Waals surface area contributed by atoms with Gasteiger partial charge in [-0.05, 0) is 0 Å². The molecule has 0 fully saturated rings. The Morgan fingerprint density at radius 3 is 0.885 bits per heavy atom. The van der Waals surface area contributed by atoms with E-state index in [1.165, 1.54) is 0 Å². The van der Waals surface area contributed by atoms with Crippen molar-refractivity contribution in [3.05, 3.63) is 0 Å². The molecule has 0 heterocycles. The maximum Gasteiger partial charge on any atom is 0.339 e. The average Bonchev–Trinajstić information content (AvgIpc) is 2.33. The lowest BCUT2D eigenvalue weighted by atomic mass is 10.4. The lowest BCUT2D eigenvalue weighted by molar-refractivity contribution is 0.136. The van der Waals surface area contributed by atoms with Crippen LogP contribution in [0.2, 0.25) is 0 Å². The third-order valence-corrected chi connectivity index (χ3v) is 4.71. The number of aliphatic hydroxyl groups excluding tert-OH is 3. The van der Waals surface area contributed by atoms with E-state index in [2.05, 4.69) is 0 Å². The van der Waals surface area contributed by atoms with Gasteiger partial charge in [0.2, 0.25) is 0 Å². The summed E-state index contributed by atoms with van der Waals surface area (Å²) in [5.41, 5.74) is 0. The molecule has 0 saturated carbocycles. The third-order valence-electron chi connectivity index (χ3n) is 2.40. The molecule has 0 spiro atoms. The summed E-state index contributed by atoms with van der Waals surface area (Å²) in [6.07, 6.45) is -3.41. The highest BCUT2D eigenvalue weighted by Gasteiger charge is 2.30. The van der Waals surface area contributed by atoms with E-state index in [4.69, 9.17) is 44.7 Å². The van der Waals surface area contributed by atoms with Crippen LogP contribution in [0.25, 0.3) is 0 Å². The fourth-order valence-corrected chi connectivity index (χ4v) is 4.31. The molecule has 0 saturated heterocycles. The summed E-state index contributed by atoms with van der Waals surface area (Å²) < 4.78 is 31.7. The lowest BCUT2D eigenvalue weighted by Gasteiger charge is -2.22. The minimum atomic E-state index is -4.65. The predicted octanol–water partition coefficient (Wildman–Crippen LogP) is -3.04. The second kappa shape index (κ2) is 13.4. The highest BCUT2D eigenvalue weighted by Crippen LogP contribution is 2.45. The summed E-state index contributed by atoms with van der Waals surface area (Å²) in [4.78, 5) is 53.4. The molecule has 26 heavy (non-hydrogen) atoms. The zero-order chi connectivity index (χ0) is 21.0. The lowest BCUT2D eigenvalue weighted by Crippen LogP contribution is -2.32. The summed E-state index contributed by atoms with van der Waals surface area (Å²) in [5, 5.41) is 25.5. The van der Waals surface area contributed by atoms with Crippen molar-refractivity contribution in [1.29, 1.82) is 0 Å². The Balaban J connectivity index is 0. The molecule has 0 aliphatic heterocycles. The van der Waals surface area contributed by atoms with Crippen molar-refractivity contribution >= 4 is 22.8 Å². The Bertz CT molecular complexity index is 431. The van der Waals surface area contributed by atoms with Crippen LogP contribution < -0.4 is 0 Å². The normalized spacial score (nSPS) is 13.0. The van der Waals surface area contributed by atoms with Crippen LogP contribution in [0.5, 0.6) is 0 Å². The Morgan fingerprint density at radius 2 is 0.731 bits per heavy atom. The number of rotatable bonds is 12. The maximum atomic E-state index is 10.6. The van der Waals surface area contributed by atoms with Crippen molar-refractivity contribution < 1.29 is 58.4 Å². The first-order valence-corrected chi connectivity index (χ1v) is 12.4. The van der Waals surface area contributed by atoms with Gasteiger partial charge in [-0.2, -0.15) is 0 Å². The number of aliphatic hydroxyl groups is 3. The molecule has 0 amide bonds. The van der Waals surface area contributed by atoms with Crippen LogP contribution in [0.3, 0.4) is 0 Å². The van der Waals surface area contributed by atoms with Crippen LogP contribution in [-0.4, -0.2) is 113 Å². The SMILES string of the molecule is O=P(O)(O)CN(CP(=O)(O)O)CP(=O)(O)O.OCCN(CCO)CCO. The summed E-state index contributed by atoms with van der Waals surface area (Å²) in [6, 6.07) is 0. The Labute approximate surface area is 150 Å². The van der Waals surface area contributed by atoms with Crippen LogP contribution >= 0.6 is 22.8 Å². The van der Waals surface area contributed by atoms with Gasteiger partial charge in [-0.15, -0.1) is 0 Å². The third kappa shape index (κ3) is 22.3. The molecular formula is C9H27N2O12P3. The number of hydrogen-bond acceptors (Lipinski definition) is 8. The van der Waals surface area contributed by atoms with Gasteiger partial charge in [0.15, 0.2) is 0 Å². The molecule has 0 unspecified atom stereocenters. The van der Waals surface area contributed by atoms with Crippen molar-refractivity contribution in [1.82, 2.24) is 9.80 Å². The molecule has 0 aliphatic rings. The molecule has 0 aromatic rings. The molecular weight excluding hydrogens is 421 g/mol. The second-order valence-corrected chi connectivity index (χ2v) is 9.94. The summed E-state index contributed by atoms with van der Waals surface area (Å²) in [6.45, 7) is 1.75. The van der Waals surface area contributed by atoms with E-state index in [0.717, 1.165) is 0 Å². The molecule has 0 aliphatic carbocycles. The Morgan fingerprint density at radius 1 is 0.500 bits per heavy atom. The maximum absolute atomic E-state index is 10.6. The van der Waals surface area contributed by atoms with Crippen LogP contribution in [-0.2, 0) is 13.7 Å². The van der Waals surface area contributed by atoms with Gasteiger partial charge in [-0.1, -0.05) is 0 Å². The van der Waals surface area contributed by atoms with Crippen molar-refractivity contribution in [3.63, 3.8) is 0 Å². The van der Waals surface area contributed by atoms with E-state index in [9.17, 15) is 13.7 Å². The topological polar surface area (TPSA) is 240 Å². The summed E-state index contributed by atoms with van der Waals surface area (Å²) in [7, 11) is -14.0. The quantitative estimate of drug-likeness (QED) is 0.135. The van der Waals surface area contributed by atoms with E-state index >= 15 is 0 Å². The van der Waals surface area contributed by atoms with Gasteiger partial charge in [-0.25, -0.2) is 0 Å². The zero-order valence-electron chi connectivity index (χ0n) is 13.8. The van der Waals surface area contributed by atoms with Gasteiger partial charge in [0.1, 0.15) is 18.9 Å². The molecule has 0 bridgehead atoms. The molecule has 0 rings (SSSR count). The predicted molar refractivity (Wildman–Crippen MR) is 90.3 cm³/mol. The standard InChI is InChI=1S/C6H15NO3.C3H12NO9P3/c8-4-1-7(2-5-9)3-6-10;5-14(6,7)1-4(2-15(8,9)10)3-16(11,12)13/h8-10H,1-6H2;1-3H2,(H2,5,6,7)(H2,8,9,10)(H2,11,12,13). The first kappa shape index (κ1) is 28.5. The molecule has 160 valence electrons. The molecule has 0 aromatic heterocycles. The summed E-state index contributed by atoms with van der Waals surface area (Å²) >= 11 is 0. The number of nitrogens with zero attached hydrogens (tertiary/aromatic N) is 2. The highest BCUT2D eigenvalue weighted by molar-refractivity contribution is 7.53. The minimum Gasteiger partial charge on any atom is -0.395 e. The van der Waals surface area contributed by atoms with E-state index in [0.29, 0.717) is 24.5 Å². The molecule has 9 N–H and O–H groups in total. The van der Waals surface area contributed by atoms with Gasteiger partial charge < -0.3 is 44.7 Å². The minimum absolute atomic E-state index is 0.0694. The van der Waals surface area contributed by atoms with E-state index in [-0.39, 0.29) is 19.8 Å². The Hall–Kier alpha value is 0.250. The van der Waals surface area contributed by atoms with Gasteiger partial charge in [0, 0.05) is 19.6 Å². The van der Waals surface area contributed by atoms with Crippen LogP contribution in [0.1, 0.15) is 0 Å². The zero-order valence-corrected chi connectivity index (χ0v) is 16.5. The highest BCUT2D eigenvalue weighted by atomic mass is 31.2. The van der Waals surface area contributed by atoms with Gasteiger partial charge in [-0.3, -0.25) is 23.5 Å². The van der Waals surface area contributed by atoms with Gasteiger partial charge in [0.25, 0.3) is 0 Å². The second-order valence-electron chi connectivity index (χ2n) is 5.10. The summed E-state index contributed by atoms with van der Waals surface area (Å²) in [5.74, 6) is 0. The van der Waals surface area contributed by atoms with Crippen molar-refractivity contribution in [2.24, 2.45) is 0 Å². The van der Waals surface area contributed by atoms with Gasteiger partial charge >= 0.3 is 22.8 Å². The molecule has 0 atom stereocenters. The van der Waals surface area contributed by atoms with Gasteiger partial charge in [0.05, 0.1) is 19.8 Å². The molecule has 14 nitrogen and oxygen atoms in total. The van der Waals surface area contributed by atoms with E-state index < -0.39 is 41.6 Å². The first-order chi connectivity index (χ1) is 11.6.